The quantitative estimate of drug-likeness (QED) is 0.922. The molecule has 1 aromatic carbocycles. The van der Waals surface area contributed by atoms with Crippen molar-refractivity contribution in [1.29, 1.82) is 0 Å². The maximum atomic E-state index is 13.8. The van der Waals surface area contributed by atoms with Gasteiger partial charge in [-0.1, -0.05) is 12.1 Å². The molecule has 2 aromatic rings. The highest BCUT2D eigenvalue weighted by molar-refractivity contribution is 7.12. The van der Waals surface area contributed by atoms with E-state index in [-0.39, 0.29) is 11.2 Å². The summed E-state index contributed by atoms with van der Waals surface area (Å²) in [5, 5.41) is 1.07. The van der Waals surface area contributed by atoms with Gasteiger partial charge in [0, 0.05) is 22.4 Å². The highest BCUT2D eigenvalue weighted by Gasteiger charge is 2.46. The SMILES string of the molecule is Cc1sc(C2(CN)CC2)nc1-c1ccccc1F. The lowest BCUT2D eigenvalue weighted by atomic mass is 10.1. The Hall–Kier alpha value is -1.26. The second kappa shape index (κ2) is 4.14. The fraction of sp³-hybridized carbons (Fsp3) is 0.357. The van der Waals surface area contributed by atoms with E-state index in [1.165, 1.54) is 6.07 Å². The van der Waals surface area contributed by atoms with Crippen LogP contribution in [0, 0.1) is 12.7 Å². The molecule has 18 heavy (non-hydrogen) atoms. The maximum absolute atomic E-state index is 13.8. The molecule has 1 aromatic heterocycles. The Morgan fingerprint density at radius 1 is 1.39 bits per heavy atom. The molecule has 2 nitrogen and oxygen atoms in total. The average molecular weight is 262 g/mol. The zero-order chi connectivity index (χ0) is 12.8. The van der Waals surface area contributed by atoms with Crippen molar-refractivity contribution in [2.24, 2.45) is 5.73 Å². The lowest BCUT2D eigenvalue weighted by molar-refractivity contribution is 0.630. The van der Waals surface area contributed by atoms with E-state index in [1.54, 1.807) is 23.5 Å². The number of hydrogen-bond acceptors (Lipinski definition) is 3. The second-order valence-corrected chi connectivity index (χ2v) is 6.09. The molecular weight excluding hydrogens is 247 g/mol. The van der Waals surface area contributed by atoms with Crippen molar-refractivity contribution < 1.29 is 4.39 Å². The minimum Gasteiger partial charge on any atom is -0.329 e. The lowest BCUT2D eigenvalue weighted by Gasteiger charge is -2.06. The van der Waals surface area contributed by atoms with E-state index in [4.69, 9.17) is 5.73 Å². The van der Waals surface area contributed by atoms with Gasteiger partial charge >= 0.3 is 0 Å². The number of nitrogens with two attached hydrogens (primary N) is 1. The van der Waals surface area contributed by atoms with E-state index in [1.807, 2.05) is 13.0 Å². The van der Waals surface area contributed by atoms with Gasteiger partial charge in [-0.15, -0.1) is 11.3 Å². The topological polar surface area (TPSA) is 38.9 Å². The van der Waals surface area contributed by atoms with Crippen molar-refractivity contribution in [1.82, 2.24) is 4.98 Å². The van der Waals surface area contributed by atoms with Crippen LogP contribution in [-0.2, 0) is 5.41 Å². The third kappa shape index (κ3) is 1.76. The van der Waals surface area contributed by atoms with Crippen molar-refractivity contribution in [3.05, 3.63) is 40.0 Å². The van der Waals surface area contributed by atoms with Gasteiger partial charge in [-0.25, -0.2) is 9.37 Å². The predicted molar refractivity (Wildman–Crippen MR) is 72.2 cm³/mol. The molecule has 3 rings (SSSR count). The van der Waals surface area contributed by atoms with E-state index in [0.717, 1.165) is 28.4 Å². The van der Waals surface area contributed by atoms with Gasteiger partial charge in [0.05, 0.1) is 5.69 Å². The van der Waals surface area contributed by atoms with E-state index >= 15 is 0 Å². The zero-order valence-electron chi connectivity index (χ0n) is 10.2. The van der Waals surface area contributed by atoms with Gasteiger partial charge in [-0.3, -0.25) is 0 Å². The summed E-state index contributed by atoms with van der Waals surface area (Å²) >= 11 is 1.65. The van der Waals surface area contributed by atoms with Crippen LogP contribution < -0.4 is 5.73 Å². The van der Waals surface area contributed by atoms with Crippen LogP contribution in [0.15, 0.2) is 24.3 Å². The number of aryl methyl sites for hydroxylation is 1. The number of thiazole rings is 1. The van der Waals surface area contributed by atoms with Crippen LogP contribution in [0.3, 0.4) is 0 Å². The van der Waals surface area contributed by atoms with Crippen molar-refractivity contribution in [3.63, 3.8) is 0 Å². The molecule has 1 aliphatic carbocycles. The van der Waals surface area contributed by atoms with Gasteiger partial charge in [0.15, 0.2) is 0 Å². The Kier molecular flexibility index (Phi) is 2.72. The van der Waals surface area contributed by atoms with Gasteiger partial charge in [-0.05, 0) is 31.9 Å². The van der Waals surface area contributed by atoms with Crippen molar-refractivity contribution in [3.8, 4) is 11.3 Å². The van der Waals surface area contributed by atoms with Gasteiger partial charge in [0.2, 0.25) is 0 Å². The minimum absolute atomic E-state index is 0.0823. The second-order valence-electron chi connectivity index (χ2n) is 4.89. The van der Waals surface area contributed by atoms with E-state index in [2.05, 4.69) is 4.98 Å². The number of rotatable bonds is 3. The van der Waals surface area contributed by atoms with Gasteiger partial charge < -0.3 is 5.73 Å². The van der Waals surface area contributed by atoms with Gasteiger partial charge in [-0.2, -0.15) is 0 Å². The van der Waals surface area contributed by atoms with Crippen molar-refractivity contribution in [2.75, 3.05) is 6.54 Å². The standard InChI is InChI=1S/C14H15FN2S/c1-9-12(10-4-2-3-5-11(10)15)17-13(18-9)14(8-16)6-7-14/h2-5H,6-8,16H2,1H3. The summed E-state index contributed by atoms with van der Waals surface area (Å²) in [6, 6.07) is 6.79. The molecule has 1 aliphatic rings. The van der Waals surface area contributed by atoms with Crippen molar-refractivity contribution in [2.45, 2.75) is 25.2 Å². The van der Waals surface area contributed by atoms with Crippen LogP contribution in [0.4, 0.5) is 4.39 Å². The summed E-state index contributed by atoms with van der Waals surface area (Å²) in [5.74, 6) is -0.213. The van der Waals surface area contributed by atoms with Crippen molar-refractivity contribution >= 4 is 11.3 Å². The molecule has 0 spiro atoms. The summed E-state index contributed by atoms with van der Waals surface area (Å²) in [5.41, 5.74) is 7.26. The molecule has 0 aliphatic heterocycles. The Morgan fingerprint density at radius 3 is 2.72 bits per heavy atom. The summed E-state index contributed by atoms with van der Waals surface area (Å²) in [6.45, 7) is 2.63. The number of nitrogens with zero attached hydrogens (tertiary/aromatic N) is 1. The normalized spacial score (nSPS) is 16.8. The van der Waals surface area contributed by atoms with E-state index < -0.39 is 0 Å². The van der Waals surface area contributed by atoms with Crippen LogP contribution in [-0.4, -0.2) is 11.5 Å². The third-order valence-electron chi connectivity index (χ3n) is 3.62. The zero-order valence-corrected chi connectivity index (χ0v) is 11.1. The minimum atomic E-state index is -0.213. The molecular formula is C14H15FN2S. The Labute approximate surface area is 110 Å². The molecule has 0 bridgehead atoms. The van der Waals surface area contributed by atoms with Crippen LogP contribution >= 0.6 is 11.3 Å². The predicted octanol–water partition coefficient (Wildman–Crippen LogP) is 3.25. The highest BCUT2D eigenvalue weighted by Crippen LogP contribution is 2.49. The van der Waals surface area contributed by atoms with Gasteiger partial charge in [0.25, 0.3) is 0 Å². The smallest absolute Gasteiger partial charge is 0.132 e. The first kappa shape index (κ1) is 11.8. The number of aromatic nitrogens is 1. The number of halogens is 1. The fourth-order valence-electron chi connectivity index (χ4n) is 2.18. The first-order valence-corrected chi connectivity index (χ1v) is 6.91. The number of benzene rings is 1. The number of hydrogen-bond donors (Lipinski definition) is 1. The fourth-order valence-corrected chi connectivity index (χ4v) is 3.37. The molecule has 2 N–H and O–H groups in total. The molecule has 0 amide bonds. The summed E-state index contributed by atoms with van der Waals surface area (Å²) in [7, 11) is 0. The molecule has 0 saturated heterocycles. The highest BCUT2D eigenvalue weighted by atomic mass is 32.1. The summed E-state index contributed by atoms with van der Waals surface area (Å²) < 4.78 is 13.8. The Balaban J connectivity index is 2.07. The Bertz CT molecular complexity index is 587. The first-order chi connectivity index (χ1) is 8.66. The summed E-state index contributed by atoms with van der Waals surface area (Å²) in [6.07, 6.45) is 2.21. The summed E-state index contributed by atoms with van der Waals surface area (Å²) in [4.78, 5) is 5.71. The molecule has 1 heterocycles. The van der Waals surface area contributed by atoms with E-state index in [0.29, 0.717) is 12.1 Å². The largest absolute Gasteiger partial charge is 0.329 e. The first-order valence-electron chi connectivity index (χ1n) is 6.09. The van der Waals surface area contributed by atoms with E-state index in [9.17, 15) is 4.39 Å². The maximum Gasteiger partial charge on any atom is 0.132 e. The monoisotopic (exact) mass is 262 g/mol. The van der Waals surface area contributed by atoms with Gasteiger partial charge in [0.1, 0.15) is 10.8 Å². The Morgan fingerprint density at radius 2 is 2.11 bits per heavy atom. The van der Waals surface area contributed by atoms with Crippen LogP contribution in [0.1, 0.15) is 22.7 Å². The van der Waals surface area contributed by atoms with Crippen LogP contribution in [0.2, 0.25) is 0 Å². The molecule has 94 valence electrons. The molecule has 1 fully saturated rings. The van der Waals surface area contributed by atoms with Crippen LogP contribution in [0.25, 0.3) is 11.3 Å². The third-order valence-corrected chi connectivity index (χ3v) is 4.84. The molecule has 0 unspecified atom stereocenters. The molecule has 1 saturated carbocycles. The van der Waals surface area contributed by atoms with Crippen LogP contribution in [0.5, 0.6) is 0 Å². The molecule has 0 atom stereocenters. The lowest BCUT2D eigenvalue weighted by Crippen LogP contribution is -2.19. The molecule has 0 radical (unpaired) electrons. The molecule has 4 heteroatoms. The average Bonchev–Trinajstić information content (AvgIpc) is 3.08.